The van der Waals surface area contributed by atoms with Gasteiger partial charge >= 0.3 is 5.97 Å². The summed E-state index contributed by atoms with van der Waals surface area (Å²) in [7, 11) is 0. The lowest BCUT2D eigenvalue weighted by Crippen LogP contribution is -2.20. The van der Waals surface area contributed by atoms with Crippen LogP contribution in [0, 0.1) is 6.92 Å². The highest BCUT2D eigenvalue weighted by atomic mass is 32.1. The third-order valence-corrected chi connectivity index (χ3v) is 5.29. The Balaban J connectivity index is 1.78. The number of thiophene rings is 1. The SMILES string of the molecule is CCOC(=O)c1cc(Cc2ccccc2)sc1NC(=S)Nc1ccc(C)cc1. The minimum absolute atomic E-state index is 0.328. The Kier molecular flexibility index (Phi) is 6.79. The number of anilines is 2. The third-order valence-electron chi connectivity index (χ3n) is 4.04. The molecule has 0 aliphatic heterocycles. The van der Waals surface area contributed by atoms with Gasteiger partial charge in [-0.15, -0.1) is 11.3 Å². The lowest BCUT2D eigenvalue weighted by atomic mass is 10.1. The van der Waals surface area contributed by atoms with E-state index in [1.165, 1.54) is 22.5 Å². The highest BCUT2D eigenvalue weighted by molar-refractivity contribution is 7.80. The quantitative estimate of drug-likeness (QED) is 0.407. The molecule has 0 aliphatic carbocycles. The van der Waals surface area contributed by atoms with Crippen LogP contribution in [0.2, 0.25) is 0 Å². The van der Waals surface area contributed by atoms with Crippen LogP contribution in [0.5, 0.6) is 0 Å². The zero-order chi connectivity index (χ0) is 19.9. The van der Waals surface area contributed by atoms with Crippen LogP contribution in [0.4, 0.5) is 10.7 Å². The number of rotatable bonds is 6. The van der Waals surface area contributed by atoms with Gasteiger partial charge in [0, 0.05) is 17.0 Å². The standard InChI is InChI=1S/C22H22N2O2S2/c1-3-26-21(25)19-14-18(13-16-7-5-4-6-8-16)28-20(19)24-22(27)23-17-11-9-15(2)10-12-17/h4-12,14H,3,13H2,1-2H3,(H2,23,24,27). The summed E-state index contributed by atoms with van der Waals surface area (Å²) in [5, 5.41) is 7.43. The zero-order valence-electron chi connectivity index (χ0n) is 15.8. The van der Waals surface area contributed by atoms with Crippen LogP contribution in [0.15, 0.2) is 60.7 Å². The highest BCUT2D eigenvalue weighted by Crippen LogP contribution is 2.31. The van der Waals surface area contributed by atoms with Crippen molar-refractivity contribution in [1.29, 1.82) is 0 Å². The van der Waals surface area contributed by atoms with Gasteiger partial charge < -0.3 is 15.4 Å². The maximum atomic E-state index is 12.4. The molecule has 6 heteroatoms. The van der Waals surface area contributed by atoms with E-state index in [9.17, 15) is 4.79 Å². The van der Waals surface area contributed by atoms with Crippen LogP contribution < -0.4 is 10.6 Å². The number of nitrogens with one attached hydrogen (secondary N) is 2. The molecule has 3 rings (SSSR count). The maximum absolute atomic E-state index is 12.4. The number of thiocarbonyl (C=S) groups is 1. The predicted molar refractivity (Wildman–Crippen MR) is 121 cm³/mol. The summed E-state index contributed by atoms with van der Waals surface area (Å²) in [6.45, 7) is 4.16. The molecule has 0 radical (unpaired) electrons. The van der Waals surface area contributed by atoms with Crippen molar-refractivity contribution < 1.29 is 9.53 Å². The van der Waals surface area contributed by atoms with E-state index < -0.39 is 0 Å². The minimum Gasteiger partial charge on any atom is -0.462 e. The molecule has 3 aromatic rings. The fourth-order valence-corrected chi connectivity index (χ4v) is 4.05. The van der Waals surface area contributed by atoms with Crippen LogP contribution in [-0.4, -0.2) is 17.7 Å². The lowest BCUT2D eigenvalue weighted by Gasteiger charge is -2.10. The molecule has 0 saturated heterocycles. The van der Waals surface area contributed by atoms with E-state index in [1.807, 2.05) is 55.5 Å². The second-order valence-electron chi connectivity index (χ2n) is 6.28. The van der Waals surface area contributed by atoms with Crippen molar-refractivity contribution in [2.75, 3.05) is 17.2 Å². The fourth-order valence-electron chi connectivity index (χ4n) is 2.68. The Hall–Kier alpha value is -2.70. The molecular weight excluding hydrogens is 388 g/mol. The summed E-state index contributed by atoms with van der Waals surface area (Å²) < 4.78 is 5.21. The molecule has 0 spiro atoms. The van der Waals surface area contributed by atoms with Crippen molar-refractivity contribution in [3.8, 4) is 0 Å². The second-order valence-corrected chi connectivity index (χ2v) is 7.83. The first kappa shape index (κ1) is 20.0. The van der Waals surface area contributed by atoms with Crippen molar-refractivity contribution in [3.63, 3.8) is 0 Å². The van der Waals surface area contributed by atoms with E-state index in [2.05, 4.69) is 22.8 Å². The number of esters is 1. The van der Waals surface area contributed by atoms with Gasteiger partial charge in [-0.3, -0.25) is 0 Å². The molecule has 4 nitrogen and oxygen atoms in total. The van der Waals surface area contributed by atoms with Crippen molar-refractivity contribution in [1.82, 2.24) is 0 Å². The molecule has 144 valence electrons. The van der Waals surface area contributed by atoms with Gasteiger partial charge in [-0.2, -0.15) is 0 Å². The lowest BCUT2D eigenvalue weighted by molar-refractivity contribution is 0.0528. The monoisotopic (exact) mass is 410 g/mol. The van der Waals surface area contributed by atoms with Crippen molar-refractivity contribution >= 4 is 45.3 Å². The van der Waals surface area contributed by atoms with Crippen LogP contribution >= 0.6 is 23.6 Å². The molecule has 0 unspecified atom stereocenters. The fraction of sp³-hybridized carbons (Fsp3) is 0.182. The summed E-state index contributed by atoms with van der Waals surface area (Å²) in [4.78, 5) is 13.5. The summed E-state index contributed by atoms with van der Waals surface area (Å²) in [6, 6.07) is 20.0. The molecular formula is C22H22N2O2S2. The smallest absolute Gasteiger partial charge is 0.341 e. The molecule has 2 aromatic carbocycles. The minimum atomic E-state index is -0.348. The van der Waals surface area contributed by atoms with E-state index in [0.717, 1.165) is 17.0 Å². The van der Waals surface area contributed by atoms with Gasteiger partial charge in [0.1, 0.15) is 5.00 Å². The van der Waals surface area contributed by atoms with Gasteiger partial charge in [-0.1, -0.05) is 48.0 Å². The average Bonchev–Trinajstić information content (AvgIpc) is 3.06. The van der Waals surface area contributed by atoms with E-state index in [4.69, 9.17) is 17.0 Å². The Morgan fingerprint density at radius 3 is 2.46 bits per heavy atom. The zero-order valence-corrected chi connectivity index (χ0v) is 17.5. The molecule has 2 N–H and O–H groups in total. The number of carbonyl (C=O) groups excluding carboxylic acids is 1. The van der Waals surface area contributed by atoms with Crippen molar-refractivity contribution in [3.05, 3.63) is 82.2 Å². The topological polar surface area (TPSA) is 50.4 Å². The third kappa shape index (κ3) is 5.41. The largest absolute Gasteiger partial charge is 0.462 e. The molecule has 0 fully saturated rings. The first-order chi connectivity index (χ1) is 13.5. The van der Waals surface area contributed by atoms with E-state index >= 15 is 0 Å². The van der Waals surface area contributed by atoms with E-state index in [1.54, 1.807) is 6.92 Å². The van der Waals surface area contributed by atoms with Crippen LogP contribution in [0.1, 0.15) is 33.3 Å². The molecule has 0 amide bonds. The predicted octanol–water partition coefficient (Wildman–Crippen LogP) is 5.63. The number of hydrogen-bond donors (Lipinski definition) is 2. The first-order valence-electron chi connectivity index (χ1n) is 9.03. The Labute approximate surface area is 174 Å². The van der Waals surface area contributed by atoms with Crippen molar-refractivity contribution in [2.24, 2.45) is 0 Å². The summed E-state index contributed by atoms with van der Waals surface area (Å²) in [5.41, 5.74) is 3.76. The van der Waals surface area contributed by atoms with Gasteiger partial charge in [0.25, 0.3) is 0 Å². The summed E-state index contributed by atoms with van der Waals surface area (Å²) in [5.74, 6) is -0.348. The Bertz CT molecular complexity index is 950. The van der Waals surface area contributed by atoms with Crippen molar-refractivity contribution in [2.45, 2.75) is 20.3 Å². The number of carbonyl (C=O) groups is 1. The molecule has 0 saturated carbocycles. The van der Waals surface area contributed by atoms with E-state index in [0.29, 0.717) is 22.3 Å². The van der Waals surface area contributed by atoms with Gasteiger partial charge in [-0.25, -0.2) is 4.79 Å². The number of benzene rings is 2. The van der Waals surface area contributed by atoms with Crippen LogP contribution in [0.25, 0.3) is 0 Å². The normalized spacial score (nSPS) is 10.4. The van der Waals surface area contributed by atoms with E-state index in [-0.39, 0.29) is 5.97 Å². The second kappa shape index (κ2) is 9.48. The molecule has 1 heterocycles. The molecule has 1 aromatic heterocycles. The van der Waals surface area contributed by atoms with Crippen LogP contribution in [-0.2, 0) is 11.2 Å². The summed E-state index contributed by atoms with van der Waals surface area (Å²) in [6.07, 6.45) is 0.748. The molecule has 0 aliphatic rings. The maximum Gasteiger partial charge on any atom is 0.341 e. The molecule has 0 atom stereocenters. The van der Waals surface area contributed by atoms with Crippen LogP contribution in [0.3, 0.4) is 0 Å². The van der Waals surface area contributed by atoms with Gasteiger partial charge in [0.05, 0.1) is 12.2 Å². The molecule has 28 heavy (non-hydrogen) atoms. The highest BCUT2D eigenvalue weighted by Gasteiger charge is 2.18. The van der Waals surface area contributed by atoms with Gasteiger partial charge in [0.15, 0.2) is 5.11 Å². The van der Waals surface area contributed by atoms with Gasteiger partial charge in [0.2, 0.25) is 0 Å². The number of ether oxygens (including phenoxy) is 1. The Morgan fingerprint density at radius 1 is 1.07 bits per heavy atom. The Morgan fingerprint density at radius 2 is 1.79 bits per heavy atom. The molecule has 0 bridgehead atoms. The number of aryl methyl sites for hydroxylation is 1. The number of hydrogen-bond acceptors (Lipinski definition) is 4. The summed E-state index contributed by atoms with van der Waals surface area (Å²) >= 11 is 6.94. The first-order valence-corrected chi connectivity index (χ1v) is 10.3. The average molecular weight is 411 g/mol. The van der Waals surface area contributed by atoms with Gasteiger partial charge in [-0.05, 0) is 49.8 Å².